The van der Waals surface area contributed by atoms with Crippen LogP contribution in [-0.2, 0) is 4.74 Å². The second kappa shape index (κ2) is 7.01. The van der Waals surface area contributed by atoms with Gasteiger partial charge in [0, 0.05) is 13.1 Å². The van der Waals surface area contributed by atoms with Crippen LogP contribution in [0, 0.1) is 17.8 Å². The Hall–Kier alpha value is -0.730. The molecular formula is C15H29NO2. The van der Waals surface area contributed by atoms with Crippen LogP contribution in [0.25, 0.3) is 0 Å². The molecule has 1 amide bonds. The number of carbonyl (C=O) groups is 1. The van der Waals surface area contributed by atoms with Gasteiger partial charge in [-0.3, -0.25) is 0 Å². The van der Waals surface area contributed by atoms with Gasteiger partial charge in [-0.25, -0.2) is 4.79 Å². The maximum atomic E-state index is 12.1. The molecule has 0 unspecified atom stereocenters. The second-order valence-electron chi connectivity index (χ2n) is 5.92. The predicted octanol–water partition coefficient (Wildman–Crippen LogP) is 3.93. The van der Waals surface area contributed by atoms with Crippen LogP contribution in [-0.4, -0.2) is 30.2 Å². The average molecular weight is 255 g/mol. The lowest BCUT2D eigenvalue weighted by Crippen LogP contribution is -2.40. The molecule has 0 bridgehead atoms. The molecule has 1 rings (SSSR count). The third-order valence-corrected chi connectivity index (χ3v) is 4.24. The van der Waals surface area contributed by atoms with Gasteiger partial charge in [0.25, 0.3) is 0 Å². The van der Waals surface area contributed by atoms with E-state index in [1.807, 2.05) is 13.8 Å². The molecule has 3 atom stereocenters. The van der Waals surface area contributed by atoms with Gasteiger partial charge >= 0.3 is 6.09 Å². The van der Waals surface area contributed by atoms with E-state index in [1.54, 1.807) is 4.90 Å². The first-order valence-corrected chi connectivity index (χ1v) is 7.45. The minimum atomic E-state index is -0.134. The van der Waals surface area contributed by atoms with Crippen molar-refractivity contribution < 1.29 is 9.53 Å². The lowest BCUT2D eigenvalue weighted by atomic mass is 9.75. The first-order chi connectivity index (χ1) is 8.49. The Morgan fingerprint density at radius 2 is 1.89 bits per heavy atom. The summed E-state index contributed by atoms with van der Waals surface area (Å²) in [6, 6.07) is 0. The molecule has 1 saturated carbocycles. The molecule has 0 heterocycles. The molecule has 1 aliphatic carbocycles. The summed E-state index contributed by atoms with van der Waals surface area (Å²) in [4.78, 5) is 13.8. The van der Waals surface area contributed by atoms with Gasteiger partial charge in [0.05, 0.1) is 0 Å². The van der Waals surface area contributed by atoms with E-state index >= 15 is 0 Å². The SMILES string of the molecule is CCN(CC)C(=O)O[C@H]1C[C@@H](C)CC[C@@H]1C(C)C. The number of nitrogens with zero attached hydrogens (tertiary/aromatic N) is 1. The van der Waals surface area contributed by atoms with Crippen molar-refractivity contribution >= 4 is 6.09 Å². The number of rotatable bonds is 4. The first-order valence-electron chi connectivity index (χ1n) is 7.45. The average Bonchev–Trinajstić information content (AvgIpc) is 2.30. The number of hydrogen-bond acceptors (Lipinski definition) is 2. The van der Waals surface area contributed by atoms with Crippen molar-refractivity contribution in [3.8, 4) is 0 Å². The van der Waals surface area contributed by atoms with Crippen molar-refractivity contribution in [2.75, 3.05) is 13.1 Å². The van der Waals surface area contributed by atoms with Crippen molar-refractivity contribution in [1.29, 1.82) is 0 Å². The normalized spacial score (nSPS) is 28.2. The third-order valence-electron chi connectivity index (χ3n) is 4.24. The van der Waals surface area contributed by atoms with E-state index in [1.165, 1.54) is 12.8 Å². The zero-order valence-electron chi connectivity index (χ0n) is 12.6. The van der Waals surface area contributed by atoms with E-state index in [2.05, 4.69) is 20.8 Å². The molecule has 3 nitrogen and oxygen atoms in total. The molecule has 1 fully saturated rings. The molecule has 0 aromatic heterocycles. The fraction of sp³-hybridized carbons (Fsp3) is 0.933. The van der Waals surface area contributed by atoms with Gasteiger partial charge in [-0.15, -0.1) is 0 Å². The Kier molecular flexibility index (Phi) is 5.97. The fourth-order valence-electron chi connectivity index (χ4n) is 2.94. The van der Waals surface area contributed by atoms with E-state index in [0.717, 1.165) is 19.5 Å². The molecule has 0 N–H and O–H groups in total. The highest BCUT2D eigenvalue weighted by atomic mass is 16.6. The standard InChI is InChI=1S/C15H29NO2/c1-6-16(7-2)15(17)18-14-10-12(5)8-9-13(14)11(3)4/h11-14H,6-10H2,1-5H3/t12-,13+,14-/m0/s1. The Bertz CT molecular complexity index is 261. The number of ether oxygens (including phenoxy) is 1. The summed E-state index contributed by atoms with van der Waals surface area (Å²) in [5.74, 6) is 1.79. The zero-order valence-corrected chi connectivity index (χ0v) is 12.6. The molecule has 0 saturated heterocycles. The van der Waals surface area contributed by atoms with Crippen molar-refractivity contribution in [2.45, 2.75) is 60.0 Å². The van der Waals surface area contributed by atoms with Gasteiger partial charge < -0.3 is 9.64 Å². The monoisotopic (exact) mass is 255 g/mol. The van der Waals surface area contributed by atoms with Gasteiger partial charge in [0.15, 0.2) is 0 Å². The summed E-state index contributed by atoms with van der Waals surface area (Å²) in [5, 5.41) is 0. The molecule has 0 aliphatic heterocycles. The molecule has 18 heavy (non-hydrogen) atoms. The molecule has 0 aromatic carbocycles. The summed E-state index contributed by atoms with van der Waals surface area (Å²) >= 11 is 0. The van der Waals surface area contributed by atoms with Crippen LogP contribution in [0.1, 0.15) is 53.9 Å². The Labute approximate surface area is 112 Å². The summed E-state index contributed by atoms with van der Waals surface area (Å²) in [6.45, 7) is 12.2. The lowest BCUT2D eigenvalue weighted by Gasteiger charge is -2.37. The van der Waals surface area contributed by atoms with Crippen LogP contribution in [0.5, 0.6) is 0 Å². The highest BCUT2D eigenvalue weighted by Crippen LogP contribution is 2.35. The second-order valence-corrected chi connectivity index (χ2v) is 5.92. The van der Waals surface area contributed by atoms with E-state index < -0.39 is 0 Å². The zero-order chi connectivity index (χ0) is 13.7. The van der Waals surface area contributed by atoms with Crippen molar-refractivity contribution in [1.82, 2.24) is 4.90 Å². The van der Waals surface area contributed by atoms with E-state index in [4.69, 9.17) is 4.74 Å². The maximum absolute atomic E-state index is 12.1. The molecule has 0 spiro atoms. The number of amides is 1. The summed E-state index contributed by atoms with van der Waals surface area (Å²) in [6.07, 6.45) is 3.46. The van der Waals surface area contributed by atoms with Gasteiger partial charge in [0.2, 0.25) is 0 Å². The van der Waals surface area contributed by atoms with Gasteiger partial charge in [0.1, 0.15) is 6.10 Å². The summed E-state index contributed by atoms with van der Waals surface area (Å²) in [5.41, 5.74) is 0. The largest absolute Gasteiger partial charge is 0.446 e. The highest BCUT2D eigenvalue weighted by Gasteiger charge is 2.34. The first kappa shape index (κ1) is 15.3. The molecule has 106 valence electrons. The van der Waals surface area contributed by atoms with E-state index in [9.17, 15) is 4.79 Å². The van der Waals surface area contributed by atoms with E-state index in [0.29, 0.717) is 17.8 Å². The highest BCUT2D eigenvalue weighted by molar-refractivity contribution is 5.67. The Balaban J connectivity index is 2.63. The van der Waals surface area contributed by atoms with E-state index in [-0.39, 0.29) is 12.2 Å². The molecule has 0 aromatic rings. The van der Waals surface area contributed by atoms with Crippen molar-refractivity contribution in [3.05, 3.63) is 0 Å². The van der Waals surface area contributed by atoms with Gasteiger partial charge in [-0.2, -0.15) is 0 Å². The molecular weight excluding hydrogens is 226 g/mol. The quantitative estimate of drug-likeness (QED) is 0.762. The van der Waals surface area contributed by atoms with Crippen LogP contribution in [0.4, 0.5) is 4.79 Å². The summed E-state index contributed by atoms with van der Waals surface area (Å²) < 4.78 is 5.77. The van der Waals surface area contributed by atoms with Crippen LogP contribution in [0.15, 0.2) is 0 Å². The lowest BCUT2D eigenvalue weighted by molar-refractivity contribution is -0.00908. The minimum Gasteiger partial charge on any atom is -0.446 e. The maximum Gasteiger partial charge on any atom is 0.410 e. The number of hydrogen-bond donors (Lipinski definition) is 0. The van der Waals surface area contributed by atoms with Crippen molar-refractivity contribution in [3.63, 3.8) is 0 Å². The fourth-order valence-corrected chi connectivity index (χ4v) is 2.94. The topological polar surface area (TPSA) is 29.5 Å². The van der Waals surface area contributed by atoms with Crippen LogP contribution in [0.3, 0.4) is 0 Å². The Morgan fingerprint density at radius 3 is 2.39 bits per heavy atom. The molecule has 1 aliphatic rings. The predicted molar refractivity (Wildman–Crippen MR) is 74.5 cm³/mol. The van der Waals surface area contributed by atoms with Crippen LogP contribution < -0.4 is 0 Å². The summed E-state index contributed by atoms with van der Waals surface area (Å²) in [7, 11) is 0. The smallest absolute Gasteiger partial charge is 0.410 e. The minimum absolute atomic E-state index is 0.113. The van der Waals surface area contributed by atoms with Gasteiger partial charge in [-0.05, 0) is 44.4 Å². The molecule has 0 radical (unpaired) electrons. The van der Waals surface area contributed by atoms with Gasteiger partial charge in [-0.1, -0.05) is 27.2 Å². The Morgan fingerprint density at radius 1 is 1.28 bits per heavy atom. The van der Waals surface area contributed by atoms with Crippen LogP contribution >= 0.6 is 0 Å². The molecule has 3 heteroatoms. The number of carbonyl (C=O) groups excluding carboxylic acids is 1. The van der Waals surface area contributed by atoms with Crippen molar-refractivity contribution in [2.24, 2.45) is 17.8 Å². The van der Waals surface area contributed by atoms with Crippen LogP contribution in [0.2, 0.25) is 0 Å². The third kappa shape index (κ3) is 3.89.